The van der Waals surface area contributed by atoms with E-state index in [1.165, 1.54) is 18.2 Å². The lowest BCUT2D eigenvalue weighted by Gasteiger charge is -2.19. The minimum atomic E-state index is -0.586. The molecule has 2 rings (SSSR count). The molecule has 1 aliphatic rings. The van der Waals surface area contributed by atoms with Gasteiger partial charge in [-0.05, 0) is 24.8 Å². The third-order valence-electron chi connectivity index (χ3n) is 3.59. The summed E-state index contributed by atoms with van der Waals surface area (Å²) in [5.41, 5.74) is -0.317. The SMILES string of the molecule is O=C(NC1CCCC1CBr)c1c(Cl)cccc1[N+](=O)[O-]. The number of nitro benzene ring substituents is 1. The number of nitro groups is 1. The minimum absolute atomic E-state index is 0.0396. The van der Waals surface area contributed by atoms with Gasteiger partial charge in [-0.1, -0.05) is 40.0 Å². The fourth-order valence-corrected chi connectivity index (χ4v) is 3.57. The third-order valence-corrected chi connectivity index (χ3v) is 4.74. The maximum absolute atomic E-state index is 12.3. The molecule has 0 aliphatic heterocycles. The quantitative estimate of drug-likeness (QED) is 0.506. The molecule has 1 aromatic rings. The number of benzene rings is 1. The lowest BCUT2D eigenvalue weighted by molar-refractivity contribution is -0.385. The summed E-state index contributed by atoms with van der Waals surface area (Å²) >= 11 is 9.38. The number of hydrogen-bond donors (Lipinski definition) is 1. The summed E-state index contributed by atoms with van der Waals surface area (Å²) in [6.07, 6.45) is 2.98. The number of carbonyl (C=O) groups excluding carboxylic acids is 1. The lowest BCUT2D eigenvalue weighted by Crippen LogP contribution is -2.38. The van der Waals surface area contributed by atoms with E-state index in [1.807, 2.05) is 0 Å². The molecule has 1 aliphatic carbocycles. The molecule has 0 saturated heterocycles. The minimum Gasteiger partial charge on any atom is -0.349 e. The maximum atomic E-state index is 12.3. The molecule has 1 amide bonds. The number of amides is 1. The monoisotopic (exact) mass is 360 g/mol. The molecule has 108 valence electrons. The van der Waals surface area contributed by atoms with E-state index in [9.17, 15) is 14.9 Å². The van der Waals surface area contributed by atoms with E-state index in [0.717, 1.165) is 24.6 Å². The summed E-state index contributed by atoms with van der Waals surface area (Å²) in [7, 11) is 0. The van der Waals surface area contributed by atoms with Crippen LogP contribution in [0.15, 0.2) is 18.2 Å². The van der Waals surface area contributed by atoms with Gasteiger partial charge in [0.2, 0.25) is 0 Å². The normalized spacial score (nSPS) is 21.7. The van der Waals surface area contributed by atoms with Crippen LogP contribution in [0.3, 0.4) is 0 Å². The van der Waals surface area contributed by atoms with Gasteiger partial charge >= 0.3 is 0 Å². The molecule has 7 heteroatoms. The van der Waals surface area contributed by atoms with E-state index < -0.39 is 10.8 Å². The van der Waals surface area contributed by atoms with Gasteiger partial charge in [-0.15, -0.1) is 0 Å². The lowest BCUT2D eigenvalue weighted by atomic mass is 10.1. The van der Waals surface area contributed by atoms with E-state index in [4.69, 9.17) is 11.6 Å². The van der Waals surface area contributed by atoms with Crippen molar-refractivity contribution in [3.63, 3.8) is 0 Å². The average Bonchev–Trinajstić information content (AvgIpc) is 2.85. The van der Waals surface area contributed by atoms with Gasteiger partial charge in [0.1, 0.15) is 5.56 Å². The van der Waals surface area contributed by atoms with Crippen LogP contribution in [0.1, 0.15) is 29.6 Å². The van der Waals surface area contributed by atoms with Crippen molar-refractivity contribution in [1.29, 1.82) is 0 Å². The highest BCUT2D eigenvalue weighted by Crippen LogP contribution is 2.30. The number of nitrogens with one attached hydrogen (secondary N) is 1. The van der Waals surface area contributed by atoms with Crippen molar-refractivity contribution in [2.24, 2.45) is 5.92 Å². The van der Waals surface area contributed by atoms with Crippen LogP contribution in [0.4, 0.5) is 5.69 Å². The van der Waals surface area contributed by atoms with Crippen LogP contribution in [0, 0.1) is 16.0 Å². The second-order valence-electron chi connectivity index (χ2n) is 4.82. The predicted octanol–water partition coefficient (Wildman–Crippen LogP) is 3.54. The Labute approximate surface area is 130 Å². The van der Waals surface area contributed by atoms with Crippen LogP contribution in [0.5, 0.6) is 0 Å². The van der Waals surface area contributed by atoms with Crippen molar-refractivity contribution in [2.45, 2.75) is 25.3 Å². The zero-order valence-corrected chi connectivity index (χ0v) is 13.0. The van der Waals surface area contributed by atoms with Gasteiger partial charge in [0.25, 0.3) is 11.6 Å². The first-order valence-corrected chi connectivity index (χ1v) is 7.84. The van der Waals surface area contributed by atoms with E-state index in [0.29, 0.717) is 5.92 Å². The van der Waals surface area contributed by atoms with Crippen LogP contribution in [0.25, 0.3) is 0 Å². The topological polar surface area (TPSA) is 72.2 Å². The van der Waals surface area contributed by atoms with Crippen LogP contribution < -0.4 is 5.32 Å². The highest BCUT2D eigenvalue weighted by Gasteiger charge is 2.30. The van der Waals surface area contributed by atoms with E-state index >= 15 is 0 Å². The zero-order valence-electron chi connectivity index (χ0n) is 10.6. The Kier molecular flexibility index (Phi) is 4.99. The largest absolute Gasteiger partial charge is 0.349 e. The van der Waals surface area contributed by atoms with Crippen molar-refractivity contribution < 1.29 is 9.72 Å². The third kappa shape index (κ3) is 3.12. The molecule has 5 nitrogen and oxygen atoms in total. The number of carbonyl (C=O) groups is 1. The fourth-order valence-electron chi connectivity index (χ4n) is 2.54. The Morgan fingerprint density at radius 1 is 1.50 bits per heavy atom. The first-order valence-electron chi connectivity index (χ1n) is 6.34. The van der Waals surface area contributed by atoms with Gasteiger partial charge in [-0.3, -0.25) is 14.9 Å². The van der Waals surface area contributed by atoms with Crippen molar-refractivity contribution in [3.05, 3.63) is 38.9 Å². The number of halogens is 2. The first kappa shape index (κ1) is 15.3. The molecule has 1 N–H and O–H groups in total. The van der Waals surface area contributed by atoms with Crippen LogP contribution in [-0.2, 0) is 0 Å². The Hall–Kier alpha value is -1.14. The molecule has 0 spiro atoms. The highest BCUT2D eigenvalue weighted by molar-refractivity contribution is 9.09. The Bertz CT molecular complexity index is 538. The molecule has 0 bridgehead atoms. The molecular formula is C13H14BrClN2O3. The first-order chi connectivity index (χ1) is 9.54. The molecule has 1 aromatic carbocycles. The molecule has 1 fully saturated rings. The number of nitrogens with zero attached hydrogens (tertiary/aromatic N) is 1. The van der Waals surface area contributed by atoms with Crippen molar-refractivity contribution in [2.75, 3.05) is 5.33 Å². The number of alkyl halides is 1. The van der Waals surface area contributed by atoms with Crippen LogP contribution in [-0.4, -0.2) is 22.2 Å². The molecule has 2 atom stereocenters. The van der Waals surface area contributed by atoms with Crippen molar-refractivity contribution in [1.82, 2.24) is 5.32 Å². The Morgan fingerprint density at radius 3 is 2.90 bits per heavy atom. The molecule has 2 unspecified atom stereocenters. The average molecular weight is 362 g/mol. The van der Waals surface area contributed by atoms with E-state index in [2.05, 4.69) is 21.2 Å². The summed E-state index contributed by atoms with van der Waals surface area (Å²) in [5, 5.41) is 14.8. The smallest absolute Gasteiger partial charge is 0.283 e. The highest BCUT2D eigenvalue weighted by atomic mass is 79.9. The van der Waals surface area contributed by atoms with E-state index in [1.54, 1.807) is 0 Å². The zero-order chi connectivity index (χ0) is 14.7. The molecule has 0 aromatic heterocycles. The second kappa shape index (κ2) is 6.54. The molecule has 0 heterocycles. The molecule has 0 radical (unpaired) electrons. The van der Waals surface area contributed by atoms with Crippen LogP contribution in [0.2, 0.25) is 5.02 Å². The number of rotatable bonds is 4. The maximum Gasteiger partial charge on any atom is 0.283 e. The second-order valence-corrected chi connectivity index (χ2v) is 5.87. The summed E-state index contributed by atoms with van der Waals surface area (Å²) in [6.45, 7) is 0. The van der Waals surface area contributed by atoms with Gasteiger partial charge in [0.05, 0.1) is 9.95 Å². The standard InChI is InChI=1S/C13H14BrClN2O3/c14-7-8-3-1-5-10(8)16-13(18)12-9(15)4-2-6-11(12)17(19)20/h2,4,6,8,10H,1,3,5,7H2,(H,16,18). The predicted molar refractivity (Wildman–Crippen MR) is 80.5 cm³/mol. The summed E-state index contributed by atoms with van der Waals surface area (Å²) in [5.74, 6) is -0.111. The van der Waals surface area contributed by atoms with E-state index in [-0.39, 0.29) is 22.3 Å². The van der Waals surface area contributed by atoms with Crippen molar-refractivity contribution >= 4 is 39.1 Å². The number of hydrogen-bond acceptors (Lipinski definition) is 3. The molecular weight excluding hydrogens is 348 g/mol. The Morgan fingerprint density at radius 2 is 2.25 bits per heavy atom. The molecule has 1 saturated carbocycles. The van der Waals surface area contributed by atoms with Gasteiger partial charge in [-0.2, -0.15) is 0 Å². The van der Waals surface area contributed by atoms with Gasteiger partial charge < -0.3 is 5.32 Å². The summed E-state index contributed by atoms with van der Waals surface area (Å²) in [6, 6.07) is 4.28. The summed E-state index contributed by atoms with van der Waals surface area (Å²) < 4.78 is 0. The molecule has 20 heavy (non-hydrogen) atoms. The van der Waals surface area contributed by atoms with Gasteiger partial charge in [0.15, 0.2) is 0 Å². The fraction of sp³-hybridized carbons (Fsp3) is 0.462. The van der Waals surface area contributed by atoms with Gasteiger partial charge in [0, 0.05) is 17.4 Å². The van der Waals surface area contributed by atoms with Crippen molar-refractivity contribution in [3.8, 4) is 0 Å². The van der Waals surface area contributed by atoms with Gasteiger partial charge in [-0.25, -0.2) is 0 Å². The van der Waals surface area contributed by atoms with Crippen LogP contribution >= 0.6 is 27.5 Å². The summed E-state index contributed by atoms with van der Waals surface area (Å²) in [4.78, 5) is 22.7. The Balaban J connectivity index is 2.23.